The summed E-state index contributed by atoms with van der Waals surface area (Å²) in [5.41, 5.74) is 1.83. The van der Waals surface area contributed by atoms with Gasteiger partial charge in [0.1, 0.15) is 5.69 Å². The molecule has 0 spiro atoms. The fourth-order valence-corrected chi connectivity index (χ4v) is 2.27. The fraction of sp³-hybridized carbons (Fsp3) is 0.0714. The van der Waals surface area contributed by atoms with Crippen LogP contribution in [0.1, 0.15) is 16.1 Å². The topological polar surface area (TPSA) is 47.8 Å². The van der Waals surface area contributed by atoms with Gasteiger partial charge in [-0.2, -0.15) is 5.10 Å². The Hall–Kier alpha value is -2.20. The van der Waals surface area contributed by atoms with E-state index in [2.05, 4.69) is 10.1 Å². The van der Waals surface area contributed by atoms with Gasteiger partial charge in [0.25, 0.3) is 0 Å². The fourth-order valence-electron chi connectivity index (χ4n) is 2.02. The number of aromatic nitrogens is 3. The van der Waals surface area contributed by atoms with Gasteiger partial charge in [0.2, 0.25) is 5.78 Å². The predicted molar refractivity (Wildman–Crippen MR) is 73.4 cm³/mol. The summed E-state index contributed by atoms with van der Waals surface area (Å²) in [6.07, 6.45) is 3.19. The second-order valence-electron chi connectivity index (χ2n) is 4.20. The molecule has 0 aliphatic rings. The summed E-state index contributed by atoms with van der Waals surface area (Å²) in [7, 11) is 1.70. The van der Waals surface area contributed by atoms with E-state index in [1.807, 2.05) is 24.3 Å². The van der Waals surface area contributed by atoms with E-state index in [1.165, 1.54) is 10.9 Å². The summed E-state index contributed by atoms with van der Waals surface area (Å²) in [5, 5.41) is 5.26. The van der Waals surface area contributed by atoms with Gasteiger partial charge in [0, 0.05) is 24.2 Å². The van der Waals surface area contributed by atoms with Crippen LogP contribution in [0.2, 0.25) is 5.02 Å². The Labute approximate surface area is 114 Å². The Balaban J connectivity index is 2.12. The minimum Gasteiger partial charge on any atom is -0.287 e. The molecule has 0 fully saturated rings. The quantitative estimate of drug-likeness (QED) is 0.674. The summed E-state index contributed by atoms with van der Waals surface area (Å²) >= 11 is 5.99. The van der Waals surface area contributed by atoms with Crippen molar-refractivity contribution in [3.8, 4) is 0 Å². The first-order chi connectivity index (χ1) is 9.16. The van der Waals surface area contributed by atoms with Crippen molar-refractivity contribution in [2.75, 3.05) is 0 Å². The molecular formula is C14H10ClN3O. The van der Waals surface area contributed by atoms with E-state index in [4.69, 9.17) is 11.6 Å². The second kappa shape index (κ2) is 4.48. The Kier molecular flexibility index (Phi) is 2.80. The van der Waals surface area contributed by atoms with Crippen molar-refractivity contribution in [2.24, 2.45) is 7.05 Å². The number of carbonyl (C=O) groups excluding carboxylic acids is 1. The molecule has 0 saturated heterocycles. The first kappa shape index (κ1) is 11.9. The SMILES string of the molecule is Cn1ncc(Cl)c1C(=O)c1ccc2ncccc2c1. The molecule has 94 valence electrons. The van der Waals surface area contributed by atoms with Crippen LogP contribution in [0, 0.1) is 0 Å². The van der Waals surface area contributed by atoms with Crippen LogP contribution in [0.15, 0.2) is 42.7 Å². The van der Waals surface area contributed by atoms with Crippen molar-refractivity contribution >= 4 is 28.3 Å². The average molecular weight is 272 g/mol. The van der Waals surface area contributed by atoms with Gasteiger partial charge >= 0.3 is 0 Å². The third-order valence-electron chi connectivity index (χ3n) is 2.97. The number of benzene rings is 1. The minimum absolute atomic E-state index is 0.143. The number of nitrogens with zero attached hydrogens (tertiary/aromatic N) is 3. The molecule has 5 heteroatoms. The minimum atomic E-state index is -0.143. The van der Waals surface area contributed by atoms with Gasteiger partial charge in [0.05, 0.1) is 16.7 Å². The molecule has 3 rings (SSSR count). The molecule has 4 nitrogen and oxygen atoms in total. The highest BCUT2D eigenvalue weighted by atomic mass is 35.5. The third kappa shape index (κ3) is 2.00. The number of pyridine rings is 1. The maximum Gasteiger partial charge on any atom is 0.212 e. The third-order valence-corrected chi connectivity index (χ3v) is 3.25. The zero-order chi connectivity index (χ0) is 13.4. The van der Waals surface area contributed by atoms with E-state index in [-0.39, 0.29) is 5.78 Å². The van der Waals surface area contributed by atoms with Crippen LogP contribution in [0.4, 0.5) is 0 Å². The number of halogens is 1. The molecule has 0 amide bonds. The highest BCUT2D eigenvalue weighted by Crippen LogP contribution is 2.20. The van der Waals surface area contributed by atoms with Crippen LogP contribution in [-0.2, 0) is 7.05 Å². The van der Waals surface area contributed by atoms with Gasteiger partial charge in [-0.3, -0.25) is 14.5 Å². The van der Waals surface area contributed by atoms with Crippen molar-refractivity contribution in [1.82, 2.24) is 14.8 Å². The molecule has 0 aliphatic heterocycles. The summed E-state index contributed by atoms with van der Waals surface area (Å²) < 4.78 is 1.48. The molecular weight excluding hydrogens is 262 g/mol. The molecule has 1 aromatic carbocycles. The van der Waals surface area contributed by atoms with Gasteiger partial charge in [-0.1, -0.05) is 17.7 Å². The summed E-state index contributed by atoms with van der Waals surface area (Å²) in [4.78, 5) is 16.7. The lowest BCUT2D eigenvalue weighted by atomic mass is 10.1. The Bertz CT molecular complexity index is 760. The van der Waals surface area contributed by atoms with Gasteiger partial charge < -0.3 is 0 Å². The molecule has 0 bridgehead atoms. The summed E-state index contributed by atoms with van der Waals surface area (Å²) in [6, 6.07) is 9.15. The van der Waals surface area contributed by atoms with E-state index in [0.29, 0.717) is 16.3 Å². The first-order valence-electron chi connectivity index (χ1n) is 5.74. The summed E-state index contributed by atoms with van der Waals surface area (Å²) in [5.74, 6) is -0.143. The van der Waals surface area contributed by atoms with Crippen molar-refractivity contribution in [3.05, 3.63) is 59.0 Å². The zero-order valence-corrected chi connectivity index (χ0v) is 10.9. The van der Waals surface area contributed by atoms with Gasteiger partial charge in [-0.05, 0) is 24.3 Å². The number of aryl methyl sites for hydroxylation is 1. The molecule has 0 radical (unpaired) electrons. The smallest absolute Gasteiger partial charge is 0.212 e. The van der Waals surface area contributed by atoms with E-state index in [0.717, 1.165) is 10.9 Å². The zero-order valence-electron chi connectivity index (χ0n) is 10.2. The molecule has 2 aromatic heterocycles. The number of fused-ring (bicyclic) bond motifs is 1. The van der Waals surface area contributed by atoms with E-state index >= 15 is 0 Å². The molecule has 3 aromatic rings. The van der Waals surface area contributed by atoms with Crippen LogP contribution < -0.4 is 0 Å². The molecule has 19 heavy (non-hydrogen) atoms. The van der Waals surface area contributed by atoms with Gasteiger partial charge in [0.15, 0.2) is 0 Å². The molecule has 0 atom stereocenters. The van der Waals surface area contributed by atoms with Crippen LogP contribution >= 0.6 is 11.6 Å². The normalized spacial score (nSPS) is 10.8. The Morgan fingerprint density at radius 1 is 1.32 bits per heavy atom. The average Bonchev–Trinajstić information content (AvgIpc) is 2.77. The number of carbonyl (C=O) groups is 1. The standard InChI is InChI=1S/C14H10ClN3O/c1-18-13(11(15)8-17-18)14(19)10-4-5-12-9(7-10)3-2-6-16-12/h2-8H,1H3. The molecule has 2 heterocycles. The Morgan fingerprint density at radius 2 is 2.16 bits per heavy atom. The molecule has 0 saturated carbocycles. The molecule has 0 aliphatic carbocycles. The van der Waals surface area contributed by atoms with Gasteiger partial charge in [-0.25, -0.2) is 0 Å². The maximum atomic E-state index is 12.4. The van der Waals surface area contributed by atoms with Crippen LogP contribution in [0.25, 0.3) is 10.9 Å². The monoisotopic (exact) mass is 271 g/mol. The summed E-state index contributed by atoms with van der Waals surface area (Å²) in [6.45, 7) is 0. The second-order valence-corrected chi connectivity index (χ2v) is 4.61. The number of rotatable bonds is 2. The number of ketones is 1. The van der Waals surface area contributed by atoms with Gasteiger partial charge in [-0.15, -0.1) is 0 Å². The number of hydrogen-bond donors (Lipinski definition) is 0. The number of hydrogen-bond acceptors (Lipinski definition) is 3. The van der Waals surface area contributed by atoms with Crippen molar-refractivity contribution in [3.63, 3.8) is 0 Å². The lowest BCUT2D eigenvalue weighted by Crippen LogP contribution is -2.08. The largest absolute Gasteiger partial charge is 0.287 e. The van der Waals surface area contributed by atoms with Crippen molar-refractivity contribution in [2.45, 2.75) is 0 Å². The highest BCUT2D eigenvalue weighted by molar-refractivity contribution is 6.34. The van der Waals surface area contributed by atoms with E-state index < -0.39 is 0 Å². The van der Waals surface area contributed by atoms with Crippen LogP contribution in [0.5, 0.6) is 0 Å². The highest BCUT2D eigenvalue weighted by Gasteiger charge is 2.17. The van der Waals surface area contributed by atoms with E-state index in [9.17, 15) is 4.79 Å². The molecule has 0 N–H and O–H groups in total. The van der Waals surface area contributed by atoms with E-state index in [1.54, 1.807) is 19.3 Å². The predicted octanol–water partition coefficient (Wildman–Crippen LogP) is 2.85. The maximum absolute atomic E-state index is 12.4. The van der Waals surface area contributed by atoms with Crippen LogP contribution in [-0.4, -0.2) is 20.5 Å². The molecule has 0 unspecified atom stereocenters. The van der Waals surface area contributed by atoms with Crippen LogP contribution in [0.3, 0.4) is 0 Å². The lowest BCUT2D eigenvalue weighted by molar-refractivity contribution is 0.103. The van der Waals surface area contributed by atoms with Crippen molar-refractivity contribution < 1.29 is 4.79 Å². The Morgan fingerprint density at radius 3 is 2.89 bits per heavy atom. The van der Waals surface area contributed by atoms with Crippen molar-refractivity contribution in [1.29, 1.82) is 0 Å². The first-order valence-corrected chi connectivity index (χ1v) is 6.11. The lowest BCUT2D eigenvalue weighted by Gasteiger charge is -2.04.